The number of aromatic nitrogens is 6. The lowest BCUT2D eigenvalue weighted by molar-refractivity contribution is 0.395. The van der Waals surface area contributed by atoms with Crippen LogP contribution in [0.5, 0.6) is 5.88 Å². The number of para-hydroxylation sites is 1. The van der Waals surface area contributed by atoms with E-state index in [1.165, 1.54) is 12.1 Å². The summed E-state index contributed by atoms with van der Waals surface area (Å²) < 4.78 is 22.8. The van der Waals surface area contributed by atoms with Crippen molar-refractivity contribution in [3.63, 3.8) is 0 Å². The first-order chi connectivity index (χ1) is 16.4. The molecule has 8 nitrogen and oxygen atoms in total. The molecule has 0 fully saturated rings. The van der Waals surface area contributed by atoms with Gasteiger partial charge < -0.3 is 14.6 Å². The molecule has 9 heteroatoms. The standard InChI is InChI=1S/C25H24FN7O/c1-15(2)33-20-7-5-6-19(23(20)30-24(33)17-8-10-18(26)11-9-17)28-22-13-12-21(25(29-22)34-4)32-14-27-16(3)31-32/h5-15H,1-4H3,(H,28,29). The van der Waals surface area contributed by atoms with Gasteiger partial charge in [0.2, 0.25) is 5.88 Å². The van der Waals surface area contributed by atoms with Crippen molar-refractivity contribution in [3.8, 4) is 23.0 Å². The average molecular weight is 458 g/mol. The number of anilines is 2. The second-order valence-corrected chi connectivity index (χ2v) is 8.17. The van der Waals surface area contributed by atoms with Crippen LogP contribution in [0.2, 0.25) is 0 Å². The molecule has 2 aromatic carbocycles. The molecule has 0 saturated carbocycles. The van der Waals surface area contributed by atoms with Crippen molar-refractivity contribution in [3.05, 3.63) is 72.6 Å². The molecule has 3 aromatic heterocycles. The van der Waals surface area contributed by atoms with Crippen LogP contribution in [-0.4, -0.2) is 36.4 Å². The van der Waals surface area contributed by atoms with E-state index < -0.39 is 0 Å². The van der Waals surface area contributed by atoms with E-state index in [-0.39, 0.29) is 11.9 Å². The normalized spacial score (nSPS) is 11.4. The maximum absolute atomic E-state index is 13.5. The Hall–Kier alpha value is -4.27. The Labute approximate surface area is 196 Å². The molecule has 34 heavy (non-hydrogen) atoms. The van der Waals surface area contributed by atoms with E-state index in [1.54, 1.807) is 30.3 Å². The van der Waals surface area contributed by atoms with Gasteiger partial charge in [-0.25, -0.2) is 19.0 Å². The molecule has 5 aromatic rings. The second-order valence-electron chi connectivity index (χ2n) is 8.17. The molecule has 0 unspecified atom stereocenters. The Morgan fingerprint density at radius 1 is 1.00 bits per heavy atom. The van der Waals surface area contributed by atoms with Gasteiger partial charge in [0.25, 0.3) is 0 Å². The van der Waals surface area contributed by atoms with Gasteiger partial charge in [-0.3, -0.25) is 0 Å². The van der Waals surface area contributed by atoms with Crippen molar-refractivity contribution in [1.29, 1.82) is 0 Å². The number of hydrogen-bond donors (Lipinski definition) is 1. The highest BCUT2D eigenvalue weighted by atomic mass is 19.1. The number of imidazole rings is 1. The number of pyridine rings is 1. The molecule has 5 rings (SSSR count). The third-order valence-corrected chi connectivity index (χ3v) is 5.49. The summed E-state index contributed by atoms with van der Waals surface area (Å²) in [5.41, 5.74) is 4.12. The maximum Gasteiger partial charge on any atom is 0.241 e. The van der Waals surface area contributed by atoms with Gasteiger partial charge in [0.15, 0.2) is 0 Å². The number of aryl methyl sites for hydroxylation is 1. The highest BCUT2D eigenvalue weighted by Gasteiger charge is 2.18. The van der Waals surface area contributed by atoms with Crippen molar-refractivity contribution in [1.82, 2.24) is 29.3 Å². The Bertz CT molecular complexity index is 1470. The Balaban J connectivity index is 1.57. The van der Waals surface area contributed by atoms with Crippen molar-refractivity contribution in [2.45, 2.75) is 26.8 Å². The largest absolute Gasteiger partial charge is 0.479 e. The molecule has 0 aliphatic carbocycles. The molecule has 3 heterocycles. The van der Waals surface area contributed by atoms with E-state index in [9.17, 15) is 4.39 Å². The summed E-state index contributed by atoms with van der Waals surface area (Å²) in [5, 5.41) is 7.71. The predicted molar refractivity (Wildman–Crippen MR) is 129 cm³/mol. The Morgan fingerprint density at radius 3 is 2.47 bits per heavy atom. The molecular weight excluding hydrogens is 433 g/mol. The van der Waals surface area contributed by atoms with Gasteiger partial charge in [-0.2, -0.15) is 10.1 Å². The van der Waals surface area contributed by atoms with Crippen molar-refractivity contribution in [2.24, 2.45) is 0 Å². The van der Waals surface area contributed by atoms with E-state index in [1.807, 2.05) is 37.3 Å². The van der Waals surface area contributed by atoms with E-state index >= 15 is 0 Å². The van der Waals surface area contributed by atoms with Crippen LogP contribution < -0.4 is 10.1 Å². The zero-order valence-electron chi connectivity index (χ0n) is 19.3. The highest BCUT2D eigenvalue weighted by molar-refractivity contribution is 5.93. The maximum atomic E-state index is 13.5. The number of nitrogens with zero attached hydrogens (tertiary/aromatic N) is 6. The minimum absolute atomic E-state index is 0.156. The number of halogens is 1. The minimum Gasteiger partial charge on any atom is -0.479 e. The lowest BCUT2D eigenvalue weighted by Gasteiger charge is -2.13. The van der Waals surface area contributed by atoms with Gasteiger partial charge in [-0.15, -0.1) is 0 Å². The number of hydrogen-bond acceptors (Lipinski definition) is 6. The van der Waals surface area contributed by atoms with Gasteiger partial charge in [-0.1, -0.05) is 6.07 Å². The number of fused-ring (bicyclic) bond motifs is 1. The fourth-order valence-electron chi connectivity index (χ4n) is 3.97. The lowest BCUT2D eigenvalue weighted by atomic mass is 10.2. The monoisotopic (exact) mass is 457 g/mol. The zero-order chi connectivity index (χ0) is 23.8. The fourth-order valence-corrected chi connectivity index (χ4v) is 3.97. The summed E-state index contributed by atoms with van der Waals surface area (Å²) in [5.74, 6) is 2.19. The van der Waals surface area contributed by atoms with Gasteiger partial charge in [0.05, 0.1) is 18.3 Å². The molecule has 0 aliphatic rings. The van der Waals surface area contributed by atoms with Gasteiger partial charge >= 0.3 is 0 Å². The molecule has 172 valence electrons. The van der Waals surface area contributed by atoms with E-state index in [2.05, 4.69) is 38.8 Å². The smallest absolute Gasteiger partial charge is 0.241 e. The Morgan fingerprint density at radius 2 is 1.79 bits per heavy atom. The summed E-state index contributed by atoms with van der Waals surface area (Å²) in [4.78, 5) is 13.7. The van der Waals surface area contributed by atoms with Gasteiger partial charge in [0, 0.05) is 11.6 Å². The summed E-state index contributed by atoms with van der Waals surface area (Å²) in [6.45, 7) is 6.03. The van der Waals surface area contributed by atoms with Gasteiger partial charge in [-0.05, 0) is 69.3 Å². The van der Waals surface area contributed by atoms with E-state index in [0.717, 1.165) is 28.1 Å². The first kappa shape index (κ1) is 21.6. The molecule has 0 amide bonds. The lowest BCUT2D eigenvalue weighted by Crippen LogP contribution is -2.04. The number of nitrogens with one attached hydrogen (secondary N) is 1. The van der Waals surface area contributed by atoms with Crippen molar-refractivity contribution >= 4 is 22.5 Å². The fraction of sp³-hybridized carbons (Fsp3) is 0.200. The summed E-state index contributed by atoms with van der Waals surface area (Å²) in [6, 6.07) is 16.3. The van der Waals surface area contributed by atoms with Crippen LogP contribution in [0.4, 0.5) is 15.9 Å². The first-order valence-electron chi connectivity index (χ1n) is 10.9. The highest BCUT2D eigenvalue weighted by Crippen LogP contribution is 2.33. The summed E-state index contributed by atoms with van der Waals surface area (Å²) >= 11 is 0. The number of ether oxygens (including phenoxy) is 1. The molecule has 0 bridgehead atoms. The third-order valence-electron chi connectivity index (χ3n) is 5.49. The number of methoxy groups -OCH3 is 1. The van der Waals surface area contributed by atoms with Crippen LogP contribution in [0.25, 0.3) is 28.1 Å². The van der Waals surface area contributed by atoms with E-state index in [0.29, 0.717) is 23.2 Å². The van der Waals surface area contributed by atoms with Crippen LogP contribution in [-0.2, 0) is 0 Å². The first-order valence-corrected chi connectivity index (χ1v) is 10.9. The van der Waals surface area contributed by atoms with Crippen LogP contribution in [0.1, 0.15) is 25.7 Å². The van der Waals surface area contributed by atoms with Crippen LogP contribution in [0, 0.1) is 12.7 Å². The zero-order valence-corrected chi connectivity index (χ0v) is 19.3. The van der Waals surface area contributed by atoms with Crippen LogP contribution in [0.3, 0.4) is 0 Å². The molecule has 0 radical (unpaired) electrons. The molecular formula is C25H24FN7O. The molecule has 0 spiro atoms. The van der Waals surface area contributed by atoms with Crippen molar-refractivity contribution in [2.75, 3.05) is 12.4 Å². The summed E-state index contributed by atoms with van der Waals surface area (Å²) in [7, 11) is 1.57. The second kappa shape index (κ2) is 8.58. The minimum atomic E-state index is -0.275. The van der Waals surface area contributed by atoms with Crippen LogP contribution >= 0.6 is 0 Å². The SMILES string of the molecule is COc1nc(Nc2cccc3c2nc(-c2ccc(F)cc2)n3C(C)C)ccc1-n1cnc(C)n1. The topological polar surface area (TPSA) is 82.7 Å². The van der Waals surface area contributed by atoms with E-state index in [4.69, 9.17) is 9.72 Å². The Kier molecular flexibility index (Phi) is 5.45. The quantitative estimate of drug-likeness (QED) is 0.365. The third kappa shape index (κ3) is 3.85. The molecule has 0 aliphatic heterocycles. The molecule has 0 atom stereocenters. The average Bonchev–Trinajstić information content (AvgIpc) is 3.44. The molecule has 0 saturated heterocycles. The van der Waals surface area contributed by atoms with Crippen LogP contribution in [0.15, 0.2) is 60.9 Å². The summed E-state index contributed by atoms with van der Waals surface area (Å²) in [6.07, 6.45) is 1.62. The molecule has 1 N–H and O–H groups in total. The predicted octanol–water partition coefficient (Wildman–Crippen LogP) is 5.46. The number of rotatable bonds is 6. The number of benzene rings is 2. The van der Waals surface area contributed by atoms with Gasteiger partial charge in [0.1, 0.15) is 40.8 Å². The van der Waals surface area contributed by atoms with Crippen molar-refractivity contribution < 1.29 is 9.13 Å².